The van der Waals surface area contributed by atoms with Gasteiger partial charge in [-0.3, -0.25) is 14.6 Å². The zero-order valence-corrected chi connectivity index (χ0v) is 17.8. The number of carbonyl (C=O) groups is 2. The Morgan fingerprint density at radius 1 is 1.06 bits per heavy atom. The standard InChI is InChI=1S/C24H22N4O5/c29-22(16-4-5-18-19(13-16)33-12-11-32-18)20-21(17-3-1-6-25-14-17)28(24(31)23(20)30)9-2-8-27-10-7-26-15-27/h1,3-7,10,13-15,21,29H,2,8-9,11-12H2/b22-20-. The third-order valence-corrected chi connectivity index (χ3v) is 5.73. The van der Waals surface area contributed by atoms with Gasteiger partial charge < -0.3 is 24.0 Å². The van der Waals surface area contributed by atoms with E-state index in [0.29, 0.717) is 55.4 Å². The molecule has 1 unspecified atom stereocenters. The van der Waals surface area contributed by atoms with Crippen molar-refractivity contribution >= 4 is 17.4 Å². The minimum atomic E-state index is -0.741. The maximum Gasteiger partial charge on any atom is 0.295 e. The first-order valence-electron chi connectivity index (χ1n) is 10.7. The van der Waals surface area contributed by atoms with Gasteiger partial charge in [0.2, 0.25) is 0 Å². The van der Waals surface area contributed by atoms with Crippen molar-refractivity contribution in [1.29, 1.82) is 0 Å². The molecule has 0 spiro atoms. The molecule has 0 saturated carbocycles. The topological polar surface area (TPSA) is 107 Å². The first-order chi connectivity index (χ1) is 16.1. The normalized spacial score (nSPS) is 19.2. The molecule has 1 amide bonds. The number of aliphatic hydroxyl groups is 1. The number of rotatable bonds is 6. The molecule has 1 aromatic carbocycles. The van der Waals surface area contributed by atoms with Crippen molar-refractivity contribution in [3.8, 4) is 11.5 Å². The van der Waals surface area contributed by atoms with Crippen LogP contribution < -0.4 is 9.47 Å². The number of hydrogen-bond donors (Lipinski definition) is 1. The third-order valence-electron chi connectivity index (χ3n) is 5.73. The number of likely N-dealkylation sites (tertiary alicyclic amines) is 1. The summed E-state index contributed by atoms with van der Waals surface area (Å²) < 4.78 is 13.1. The Kier molecular flexibility index (Phi) is 5.52. The van der Waals surface area contributed by atoms with E-state index in [4.69, 9.17) is 9.47 Å². The van der Waals surface area contributed by atoms with Gasteiger partial charge in [0, 0.05) is 43.4 Å². The van der Waals surface area contributed by atoms with Crippen molar-refractivity contribution in [2.24, 2.45) is 0 Å². The van der Waals surface area contributed by atoms with Crippen molar-refractivity contribution in [3.05, 3.63) is 78.1 Å². The van der Waals surface area contributed by atoms with Crippen LogP contribution in [-0.2, 0) is 16.1 Å². The fourth-order valence-corrected chi connectivity index (χ4v) is 4.18. The maximum absolute atomic E-state index is 13.1. The van der Waals surface area contributed by atoms with Gasteiger partial charge in [-0.05, 0) is 36.2 Å². The zero-order valence-electron chi connectivity index (χ0n) is 17.8. The number of aryl methyl sites for hydroxylation is 1. The first kappa shape index (κ1) is 20.7. The number of carbonyl (C=O) groups excluding carboxylic acids is 2. The van der Waals surface area contributed by atoms with E-state index in [1.165, 1.54) is 4.90 Å². The summed E-state index contributed by atoms with van der Waals surface area (Å²) in [7, 11) is 0. The molecular weight excluding hydrogens is 424 g/mol. The van der Waals surface area contributed by atoms with E-state index in [9.17, 15) is 14.7 Å². The van der Waals surface area contributed by atoms with Crippen LogP contribution in [0.15, 0.2) is 67.0 Å². The summed E-state index contributed by atoms with van der Waals surface area (Å²) in [5.74, 6) is -0.567. The summed E-state index contributed by atoms with van der Waals surface area (Å²) >= 11 is 0. The molecule has 4 heterocycles. The first-order valence-corrected chi connectivity index (χ1v) is 10.7. The number of nitrogens with zero attached hydrogens (tertiary/aromatic N) is 4. The second-order valence-electron chi connectivity index (χ2n) is 7.79. The molecule has 9 nitrogen and oxygen atoms in total. The van der Waals surface area contributed by atoms with E-state index in [1.807, 2.05) is 10.8 Å². The molecule has 9 heteroatoms. The van der Waals surface area contributed by atoms with Gasteiger partial charge in [0.25, 0.3) is 11.7 Å². The highest BCUT2D eigenvalue weighted by Crippen LogP contribution is 2.40. The second kappa shape index (κ2) is 8.78. The zero-order chi connectivity index (χ0) is 22.8. The number of aliphatic hydroxyl groups excluding tert-OH is 1. The lowest BCUT2D eigenvalue weighted by atomic mass is 9.96. The van der Waals surface area contributed by atoms with Gasteiger partial charge in [0.05, 0.1) is 17.9 Å². The molecule has 33 heavy (non-hydrogen) atoms. The quantitative estimate of drug-likeness (QED) is 0.352. The Morgan fingerprint density at radius 2 is 1.91 bits per heavy atom. The number of Topliss-reactive ketones (excluding diaryl/α,β-unsaturated/α-hetero) is 1. The smallest absolute Gasteiger partial charge is 0.295 e. The summed E-state index contributed by atoms with van der Waals surface area (Å²) in [5.41, 5.74) is 1.07. The summed E-state index contributed by atoms with van der Waals surface area (Å²) in [4.78, 5) is 35.8. The summed E-state index contributed by atoms with van der Waals surface area (Å²) in [5, 5.41) is 11.2. The molecule has 1 fully saturated rings. The van der Waals surface area contributed by atoms with Crippen LogP contribution in [0.3, 0.4) is 0 Å². The molecule has 0 aliphatic carbocycles. The predicted octanol–water partition coefficient (Wildman–Crippen LogP) is 2.56. The summed E-state index contributed by atoms with van der Waals surface area (Å²) in [6.45, 7) is 1.82. The SMILES string of the molecule is O=C1C(=O)N(CCCn2ccnc2)C(c2cccnc2)/C1=C(/O)c1ccc2c(c1)OCCO2. The number of imidazole rings is 1. The molecular formula is C24H22N4O5. The molecule has 5 rings (SSSR count). The van der Waals surface area contributed by atoms with Gasteiger partial charge in [-0.15, -0.1) is 0 Å². The molecule has 3 aromatic rings. The van der Waals surface area contributed by atoms with Crippen LogP contribution in [0.4, 0.5) is 0 Å². The van der Waals surface area contributed by atoms with Crippen LogP contribution >= 0.6 is 0 Å². The van der Waals surface area contributed by atoms with Crippen molar-refractivity contribution < 1.29 is 24.2 Å². The average molecular weight is 446 g/mol. The number of pyridine rings is 1. The fraction of sp³-hybridized carbons (Fsp3) is 0.250. The molecule has 0 bridgehead atoms. The molecule has 1 N–H and O–H groups in total. The Bertz CT molecular complexity index is 1210. The molecule has 2 aliphatic heterocycles. The van der Waals surface area contributed by atoms with Gasteiger partial charge >= 0.3 is 0 Å². The molecule has 1 saturated heterocycles. The van der Waals surface area contributed by atoms with Crippen LogP contribution in [0.2, 0.25) is 0 Å². The van der Waals surface area contributed by atoms with Gasteiger partial charge in [0.1, 0.15) is 19.0 Å². The number of hydrogen-bond acceptors (Lipinski definition) is 7. The number of fused-ring (bicyclic) bond motifs is 1. The number of amides is 1. The van der Waals surface area contributed by atoms with Crippen LogP contribution in [0, 0.1) is 0 Å². The van der Waals surface area contributed by atoms with Crippen LogP contribution in [0.5, 0.6) is 11.5 Å². The predicted molar refractivity (Wildman–Crippen MR) is 118 cm³/mol. The van der Waals surface area contributed by atoms with Gasteiger partial charge in [-0.2, -0.15) is 0 Å². The number of ether oxygens (including phenoxy) is 2. The Morgan fingerprint density at radius 3 is 2.67 bits per heavy atom. The number of benzene rings is 1. The fourth-order valence-electron chi connectivity index (χ4n) is 4.18. The lowest BCUT2D eigenvalue weighted by Crippen LogP contribution is -2.31. The molecule has 168 valence electrons. The minimum Gasteiger partial charge on any atom is -0.507 e. The van der Waals surface area contributed by atoms with Gasteiger partial charge in [0.15, 0.2) is 11.5 Å². The summed E-state index contributed by atoms with van der Waals surface area (Å²) in [6.07, 6.45) is 9.08. The van der Waals surface area contributed by atoms with Crippen molar-refractivity contribution in [1.82, 2.24) is 19.4 Å². The van der Waals surface area contributed by atoms with E-state index in [1.54, 1.807) is 55.2 Å². The lowest BCUT2D eigenvalue weighted by molar-refractivity contribution is -0.139. The van der Waals surface area contributed by atoms with Crippen molar-refractivity contribution in [2.75, 3.05) is 19.8 Å². The lowest BCUT2D eigenvalue weighted by Gasteiger charge is -2.25. The second-order valence-corrected chi connectivity index (χ2v) is 7.79. The highest BCUT2D eigenvalue weighted by atomic mass is 16.6. The Hall–Kier alpha value is -4.14. The van der Waals surface area contributed by atoms with Crippen molar-refractivity contribution in [3.63, 3.8) is 0 Å². The Labute approximate surface area is 189 Å². The van der Waals surface area contributed by atoms with E-state index < -0.39 is 17.7 Å². The molecule has 2 aliphatic rings. The molecule has 0 radical (unpaired) electrons. The van der Waals surface area contributed by atoms with Gasteiger partial charge in [-0.1, -0.05) is 6.07 Å². The Balaban J connectivity index is 1.52. The largest absolute Gasteiger partial charge is 0.507 e. The van der Waals surface area contributed by atoms with E-state index in [0.717, 1.165) is 0 Å². The van der Waals surface area contributed by atoms with Crippen molar-refractivity contribution in [2.45, 2.75) is 19.0 Å². The minimum absolute atomic E-state index is 0.0345. The van der Waals surface area contributed by atoms with E-state index >= 15 is 0 Å². The molecule has 1 atom stereocenters. The number of ketones is 1. The third kappa shape index (κ3) is 3.93. The van der Waals surface area contributed by atoms with E-state index in [2.05, 4.69) is 9.97 Å². The van der Waals surface area contributed by atoms with Gasteiger partial charge in [-0.25, -0.2) is 4.98 Å². The average Bonchev–Trinajstić information content (AvgIpc) is 3.46. The van der Waals surface area contributed by atoms with Crippen LogP contribution in [0.25, 0.3) is 5.76 Å². The van der Waals surface area contributed by atoms with Crippen LogP contribution in [0.1, 0.15) is 23.6 Å². The highest BCUT2D eigenvalue weighted by Gasteiger charge is 2.46. The summed E-state index contributed by atoms with van der Waals surface area (Å²) in [6, 6.07) is 7.75. The van der Waals surface area contributed by atoms with E-state index in [-0.39, 0.29) is 11.3 Å². The highest BCUT2D eigenvalue weighted by molar-refractivity contribution is 6.46. The molecule has 2 aromatic heterocycles. The van der Waals surface area contributed by atoms with Crippen LogP contribution in [-0.4, -0.2) is 56.0 Å². The maximum atomic E-state index is 13.1. The number of aromatic nitrogens is 3. The monoisotopic (exact) mass is 446 g/mol.